The average Bonchev–Trinajstić information content (AvgIpc) is 3.12. The molecule has 0 aliphatic carbocycles. The topological polar surface area (TPSA) is 107 Å². The van der Waals surface area contributed by atoms with Crippen LogP contribution in [0.15, 0.2) is 42.6 Å². The molecule has 1 aliphatic rings. The fraction of sp³-hybridized carbons (Fsp3) is 0.333. The third-order valence-corrected chi connectivity index (χ3v) is 6.63. The number of likely N-dealkylation sites (N-methyl/N-ethyl adjacent to an activating group) is 1. The smallest absolute Gasteiger partial charge is 0.236 e. The summed E-state index contributed by atoms with van der Waals surface area (Å²) in [6.07, 6.45) is 3.09. The van der Waals surface area contributed by atoms with Gasteiger partial charge in [-0.1, -0.05) is 23.7 Å². The molecule has 0 radical (unpaired) electrons. The van der Waals surface area contributed by atoms with Crippen molar-refractivity contribution in [1.29, 1.82) is 5.26 Å². The van der Waals surface area contributed by atoms with E-state index in [1.807, 2.05) is 12.1 Å². The molecule has 0 bridgehead atoms. The van der Waals surface area contributed by atoms with Gasteiger partial charge in [0, 0.05) is 27.2 Å². The first kappa shape index (κ1) is 27.1. The van der Waals surface area contributed by atoms with Crippen LogP contribution in [0, 0.1) is 11.3 Å². The molecule has 0 fully saturated rings. The van der Waals surface area contributed by atoms with Crippen LogP contribution >= 0.6 is 11.6 Å². The number of aromatic nitrogens is 2. The molecule has 198 valence electrons. The van der Waals surface area contributed by atoms with Crippen molar-refractivity contribution in [3.63, 3.8) is 0 Å². The van der Waals surface area contributed by atoms with Crippen LogP contribution in [0.2, 0.25) is 5.02 Å². The molecule has 0 atom stereocenters. The van der Waals surface area contributed by atoms with Gasteiger partial charge in [0.2, 0.25) is 11.9 Å². The van der Waals surface area contributed by atoms with Gasteiger partial charge in [-0.15, -0.1) is 0 Å². The second-order valence-corrected chi connectivity index (χ2v) is 9.39. The maximum absolute atomic E-state index is 12.2. The normalized spacial score (nSPS) is 13.2. The molecule has 11 heteroatoms. The number of nitrogens with zero attached hydrogens (tertiary/aromatic N) is 6. The zero-order valence-corrected chi connectivity index (χ0v) is 22.6. The van der Waals surface area contributed by atoms with E-state index in [0.717, 1.165) is 25.9 Å². The Balaban J connectivity index is 1.61. The Morgan fingerprint density at radius 1 is 1.18 bits per heavy atom. The van der Waals surface area contributed by atoms with Gasteiger partial charge in [-0.05, 0) is 48.2 Å². The van der Waals surface area contributed by atoms with E-state index in [1.54, 1.807) is 50.4 Å². The second kappa shape index (κ2) is 12.1. The summed E-state index contributed by atoms with van der Waals surface area (Å²) in [5, 5.41) is 14.4. The first-order chi connectivity index (χ1) is 18.3. The van der Waals surface area contributed by atoms with Gasteiger partial charge < -0.3 is 15.0 Å². The molecule has 1 aliphatic heterocycles. The fourth-order valence-corrected chi connectivity index (χ4v) is 4.45. The van der Waals surface area contributed by atoms with Crippen molar-refractivity contribution < 1.29 is 14.4 Å². The summed E-state index contributed by atoms with van der Waals surface area (Å²) in [6.45, 7) is 1.97. The highest BCUT2D eigenvalue weighted by atomic mass is 35.5. The van der Waals surface area contributed by atoms with Crippen molar-refractivity contribution in [2.75, 3.05) is 58.3 Å². The van der Waals surface area contributed by atoms with Crippen molar-refractivity contribution in [2.45, 2.75) is 12.8 Å². The molecule has 0 spiro atoms. The number of nitriles is 1. The van der Waals surface area contributed by atoms with Crippen LogP contribution in [0.4, 0.5) is 23.1 Å². The lowest BCUT2D eigenvalue weighted by Gasteiger charge is -2.23. The number of methoxy groups -OCH3 is 1. The van der Waals surface area contributed by atoms with Gasteiger partial charge in [0.15, 0.2) is 5.82 Å². The Kier molecular flexibility index (Phi) is 8.63. The quantitative estimate of drug-likeness (QED) is 0.429. The summed E-state index contributed by atoms with van der Waals surface area (Å²) in [4.78, 5) is 30.5. The summed E-state index contributed by atoms with van der Waals surface area (Å²) in [5.74, 6) is 1.31. The van der Waals surface area contributed by atoms with Gasteiger partial charge in [0.1, 0.15) is 16.8 Å². The van der Waals surface area contributed by atoms with E-state index in [-0.39, 0.29) is 22.7 Å². The molecule has 4 rings (SSSR count). The van der Waals surface area contributed by atoms with E-state index >= 15 is 0 Å². The van der Waals surface area contributed by atoms with Gasteiger partial charge >= 0.3 is 0 Å². The molecule has 2 aromatic carbocycles. The lowest BCUT2D eigenvalue weighted by Crippen LogP contribution is -2.37. The van der Waals surface area contributed by atoms with Crippen LogP contribution < -0.4 is 15.1 Å². The number of para-hydroxylation sites is 1. The summed E-state index contributed by atoms with van der Waals surface area (Å²) in [7, 11) is 6.64. The van der Waals surface area contributed by atoms with Crippen molar-refractivity contribution in [1.82, 2.24) is 19.8 Å². The van der Waals surface area contributed by atoms with Crippen LogP contribution in [0.5, 0.6) is 5.75 Å². The summed E-state index contributed by atoms with van der Waals surface area (Å²) in [6, 6.07) is 13.2. The number of carbonyl (C=O) groups is 1. The molecule has 2 heterocycles. The largest absolute Gasteiger partial charge is 0.495 e. The third-order valence-electron chi connectivity index (χ3n) is 6.36. The van der Waals surface area contributed by atoms with Crippen LogP contribution in [0.1, 0.15) is 16.7 Å². The van der Waals surface area contributed by atoms with E-state index in [2.05, 4.69) is 26.3 Å². The maximum Gasteiger partial charge on any atom is 0.236 e. The van der Waals surface area contributed by atoms with Crippen molar-refractivity contribution >= 4 is 40.6 Å². The predicted molar refractivity (Wildman–Crippen MR) is 146 cm³/mol. The minimum atomic E-state index is 0.0917. The highest BCUT2D eigenvalue weighted by molar-refractivity contribution is 6.33. The lowest BCUT2D eigenvalue weighted by molar-refractivity contribution is -0.129. The Morgan fingerprint density at radius 3 is 2.55 bits per heavy atom. The van der Waals surface area contributed by atoms with Crippen molar-refractivity contribution in [2.24, 2.45) is 0 Å². The summed E-state index contributed by atoms with van der Waals surface area (Å²) in [5.41, 5.74) is 3.97. The zero-order chi connectivity index (χ0) is 27.2. The average molecular weight is 536 g/mol. The van der Waals surface area contributed by atoms with E-state index in [9.17, 15) is 10.1 Å². The monoisotopic (exact) mass is 535 g/mol. The number of fused-ring (bicyclic) bond motifs is 1. The minimum Gasteiger partial charge on any atom is -0.495 e. The number of anilines is 4. The SMILES string of the molecule is COc1cc2c(cc1Nc1ncc(Cl)c(N(OC)c3ccccc3C#N)n1)CCN(CC(=O)N(C)C)CC2. The van der Waals surface area contributed by atoms with Gasteiger partial charge in [-0.25, -0.2) is 10.0 Å². The standard InChI is InChI=1S/C27H30ClN7O3/c1-33(2)25(36)17-34-11-9-18-13-22(24(37-3)14-19(18)10-12-34)31-27-30-16-21(28)26(32-27)35(38-4)23-8-6-5-7-20(23)15-29/h5-8,13-14,16H,9-12,17H2,1-4H3,(H,30,31,32). The predicted octanol–water partition coefficient (Wildman–Crippen LogP) is 3.94. The van der Waals surface area contributed by atoms with Crippen LogP contribution in [0.25, 0.3) is 0 Å². The molecule has 0 saturated carbocycles. The van der Waals surface area contributed by atoms with E-state index < -0.39 is 0 Å². The lowest BCUT2D eigenvalue weighted by atomic mass is 10.0. The molecule has 1 amide bonds. The first-order valence-corrected chi connectivity index (χ1v) is 12.5. The number of hydrogen-bond donors (Lipinski definition) is 1. The van der Waals surface area contributed by atoms with Gasteiger partial charge in [0.05, 0.1) is 43.9 Å². The van der Waals surface area contributed by atoms with Crippen LogP contribution in [-0.4, -0.2) is 73.6 Å². The first-order valence-electron chi connectivity index (χ1n) is 12.1. The molecule has 0 unspecified atom stereocenters. The molecular formula is C27H30ClN7O3. The number of nitrogens with one attached hydrogen (secondary N) is 1. The molecular weight excluding hydrogens is 506 g/mol. The van der Waals surface area contributed by atoms with Gasteiger partial charge in [-0.3, -0.25) is 14.5 Å². The molecule has 3 aromatic rings. The third kappa shape index (κ3) is 5.97. The Morgan fingerprint density at radius 2 is 1.89 bits per heavy atom. The second-order valence-electron chi connectivity index (χ2n) is 8.98. The highest BCUT2D eigenvalue weighted by Crippen LogP contribution is 2.35. The molecule has 38 heavy (non-hydrogen) atoms. The van der Waals surface area contributed by atoms with E-state index in [0.29, 0.717) is 29.2 Å². The maximum atomic E-state index is 12.2. The minimum absolute atomic E-state index is 0.0917. The number of ether oxygens (including phenoxy) is 1. The van der Waals surface area contributed by atoms with Crippen molar-refractivity contribution in [3.8, 4) is 11.8 Å². The zero-order valence-electron chi connectivity index (χ0n) is 21.9. The number of halogens is 1. The Bertz CT molecular complexity index is 1360. The van der Waals surface area contributed by atoms with Gasteiger partial charge in [-0.2, -0.15) is 10.2 Å². The van der Waals surface area contributed by atoms with Gasteiger partial charge in [0.25, 0.3) is 0 Å². The summed E-state index contributed by atoms with van der Waals surface area (Å²) < 4.78 is 5.68. The fourth-order valence-electron chi connectivity index (χ4n) is 4.28. The van der Waals surface area contributed by atoms with Crippen LogP contribution in [-0.2, 0) is 22.5 Å². The number of carbonyl (C=O) groups excluding carboxylic acids is 1. The Hall–Kier alpha value is -3.91. The number of hydrogen-bond acceptors (Lipinski definition) is 9. The van der Waals surface area contributed by atoms with Crippen LogP contribution in [0.3, 0.4) is 0 Å². The summed E-state index contributed by atoms with van der Waals surface area (Å²) >= 11 is 6.45. The van der Waals surface area contributed by atoms with E-state index in [1.165, 1.54) is 29.5 Å². The van der Waals surface area contributed by atoms with E-state index in [4.69, 9.17) is 21.2 Å². The molecule has 1 N–H and O–H groups in total. The molecule has 1 aromatic heterocycles. The molecule has 0 saturated heterocycles. The number of rotatable bonds is 8. The Labute approximate surface area is 227 Å². The molecule has 10 nitrogen and oxygen atoms in total. The highest BCUT2D eigenvalue weighted by Gasteiger charge is 2.22. The number of benzene rings is 2. The van der Waals surface area contributed by atoms with Crippen molar-refractivity contribution in [3.05, 3.63) is 64.3 Å². The number of amides is 1.